The molecule has 3 N–H and O–H groups in total. The van der Waals surface area contributed by atoms with Crippen molar-refractivity contribution in [3.8, 4) is 11.1 Å². The molecule has 2 aliphatic rings. The van der Waals surface area contributed by atoms with Gasteiger partial charge in [-0.3, -0.25) is 4.79 Å². The summed E-state index contributed by atoms with van der Waals surface area (Å²) in [5, 5.41) is 14.4. The van der Waals surface area contributed by atoms with Gasteiger partial charge >= 0.3 is 12.1 Å². The molecule has 8 heteroatoms. The Labute approximate surface area is 200 Å². The Bertz CT molecular complexity index is 1290. The monoisotopic (exact) mass is 474 g/mol. The molecule has 0 bridgehead atoms. The average Bonchev–Trinajstić information content (AvgIpc) is 3.58. The van der Waals surface area contributed by atoms with Crippen molar-refractivity contribution < 1.29 is 28.6 Å². The number of carbonyl (C=O) groups excluding carboxylic acids is 2. The number of ether oxygens (including phenoxy) is 1. The van der Waals surface area contributed by atoms with E-state index in [0.29, 0.717) is 12.8 Å². The number of halogens is 1. The van der Waals surface area contributed by atoms with Crippen molar-refractivity contribution in [2.24, 2.45) is 5.41 Å². The molecule has 35 heavy (non-hydrogen) atoms. The quantitative estimate of drug-likeness (QED) is 0.457. The maximum atomic E-state index is 13.9. The molecule has 178 valence electrons. The van der Waals surface area contributed by atoms with Gasteiger partial charge in [-0.15, -0.1) is 0 Å². The molecule has 5 rings (SSSR count). The van der Waals surface area contributed by atoms with Gasteiger partial charge in [0.2, 0.25) is 5.91 Å². The molecule has 3 aromatic carbocycles. The standard InChI is InChI=1S/C27H23FN2O5/c28-21-10-5-11-22(23(21)24(31)32)30-25(33)27(12-13-27)15-29-26(34)35-14-20-18-8-3-1-6-16(18)17-7-2-4-9-19(17)20/h1-11,20H,12-15H2,(H,29,34)(H,30,33)(H,31,32). The van der Waals surface area contributed by atoms with E-state index in [9.17, 15) is 23.9 Å². The van der Waals surface area contributed by atoms with Gasteiger partial charge in [-0.25, -0.2) is 14.0 Å². The van der Waals surface area contributed by atoms with Crippen LogP contribution in [0.2, 0.25) is 0 Å². The molecule has 0 aliphatic heterocycles. The predicted octanol–water partition coefficient (Wildman–Crippen LogP) is 4.78. The van der Waals surface area contributed by atoms with E-state index in [1.807, 2.05) is 36.4 Å². The second kappa shape index (κ2) is 8.87. The second-order valence-corrected chi connectivity index (χ2v) is 8.88. The SMILES string of the molecule is O=C(NCC1(C(=O)Nc2cccc(F)c2C(=O)O)CC1)OCC1c2ccccc2-c2ccccc21. The zero-order chi connectivity index (χ0) is 24.6. The molecule has 0 saturated heterocycles. The van der Waals surface area contributed by atoms with Crippen LogP contribution in [0.3, 0.4) is 0 Å². The van der Waals surface area contributed by atoms with Crippen LogP contribution in [0.1, 0.15) is 40.2 Å². The van der Waals surface area contributed by atoms with Crippen LogP contribution in [-0.2, 0) is 9.53 Å². The molecule has 1 saturated carbocycles. The van der Waals surface area contributed by atoms with Crippen LogP contribution in [0.5, 0.6) is 0 Å². The topological polar surface area (TPSA) is 105 Å². The number of nitrogens with one attached hydrogen (secondary N) is 2. The molecule has 3 aromatic rings. The van der Waals surface area contributed by atoms with Gasteiger partial charge in [-0.1, -0.05) is 54.6 Å². The van der Waals surface area contributed by atoms with Crippen LogP contribution in [0, 0.1) is 11.2 Å². The van der Waals surface area contributed by atoms with Crippen molar-refractivity contribution in [3.05, 3.63) is 89.2 Å². The first kappa shape index (κ1) is 22.6. The zero-order valence-corrected chi connectivity index (χ0v) is 18.7. The summed E-state index contributed by atoms with van der Waals surface area (Å²) in [5.41, 5.74) is 2.87. The third-order valence-electron chi connectivity index (χ3n) is 6.73. The first-order valence-electron chi connectivity index (χ1n) is 11.3. The fourth-order valence-corrected chi connectivity index (χ4v) is 4.63. The van der Waals surface area contributed by atoms with Crippen molar-refractivity contribution in [1.29, 1.82) is 0 Å². The van der Waals surface area contributed by atoms with E-state index in [2.05, 4.69) is 22.8 Å². The average molecular weight is 474 g/mol. The maximum absolute atomic E-state index is 13.9. The lowest BCUT2D eigenvalue weighted by atomic mass is 9.98. The third kappa shape index (κ3) is 4.23. The van der Waals surface area contributed by atoms with Gasteiger partial charge in [0.15, 0.2) is 0 Å². The number of benzene rings is 3. The lowest BCUT2D eigenvalue weighted by Crippen LogP contribution is -2.38. The number of alkyl carbamates (subject to hydrolysis) is 1. The fraction of sp³-hybridized carbons (Fsp3) is 0.222. The van der Waals surface area contributed by atoms with E-state index in [1.165, 1.54) is 12.1 Å². The van der Waals surface area contributed by atoms with Gasteiger partial charge in [0.05, 0.1) is 11.1 Å². The zero-order valence-electron chi connectivity index (χ0n) is 18.7. The van der Waals surface area contributed by atoms with Crippen molar-refractivity contribution in [2.45, 2.75) is 18.8 Å². The van der Waals surface area contributed by atoms with Gasteiger partial charge in [0.1, 0.15) is 18.0 Å². The Morgan fingerprint density at radius 1 is 0.943 bits per heavy atom. The molecule has 0 unspecified atom stereocenters. The van der Waals surface area contributed by atoms with Gasteiger partial charge in [0.25, 0.3) is 0 Å². The lowest BCUT2D eigenvalue weighted by Gasteiger charge is -2.18. The molecule has 2 amide bonds. The number of carboxylic acid groups (broad SMARTS) is 1. The molecule has 7 nitrogen and oxygen atoms in total. The predicted molar refractivity (Wildman–Crippen MR) is 127 cm³/mol. The summed E-state index contributed by atoms with van der Waals surface area (Å²) in [5.74, 6) is -2.95. The summed E-state index contributed by atoms with van der Waals surface area (Å²) in [7, 11) is 0. The third-order valence-corrected chi connectivity index (χ3v) is 6.73. The highest BCUT2D eigenvalue weighted by molar-refractivity contribution is 6.03. The van der Waals surface area contributed by atoms with E-state index < -0.39 is 34.8 Å². The summed E-state index contributed by atoms with van der Waals surface area (Å²) < 4.78 is 19.4. The molecule has 0 aromatic heterocycles. The van der Waals surface area contributed by atoms with Gasteiger partial charge in [-0.05, 0) is 47.2 Å². The van der Waals surface area contributed by atoms with Crippen molar-refractivity contribution >= 4 is 23.7 Å². The fourth-order valence-electron chi connectivity index (χ4n) is 4.63. The molecule has 2 aliphatic carbocycles. The second-order valence-electron chi connectivity index (χ2n) is 8.88. The Balaban J connectivity index is 1.20. The lowest BCUT2D eigenvalue weighted by molar-refractivity contribution is -0.120. The van der Waals surface area contributed by atoms with E-state index in [-0.39, 0.29) is 24.8 Å². The van der Waals surface area contributed by atoms with Crippen LogP contribution in [0.25, 0.3) is 11.1 Å². The molecule has 1 fully saturated rings. The Kier molecular flexibility index (Phi) is 5.72. The van der Waals surface area contributed by atoms with Crippen LogP contribution >= 0.6 is 0 Å². The smallest absolute Gasteiger partial charge is 0.407 e. The summed E-state index contributed by atoms with van der Waals surface area (Å²) in [6, 6.07) is 19.7. The Hall–Kier alpha value is -4.20. The largest absolute Gasteiger partial charge is 0.478 e. The minimum absolute atomic E-state index is 0.0349. The number of hydrogen-bond donors (Lipinski definition) is 3. The summed E-state index contributed by atoms with van der Waals surface area (Å²) in [4.78, 5) is 36.7. The number of carbonyl (C=O) groups is 3. The van der Waals surface area contributed by atoms with Crippen molar-refractivity contribution in [2.75, 3.05) is 18.5 Å². The minimum atomic E-state index is -1.47. The number of rotatable bonds is 7. The van der Waals surface area contributed by atoms with E-state index in [0.717, 1.165) is 28.3 Å². The summed E-state index contributed by atoms with van der Waals surface area (Å²) >= 11 is 0. The van der Waals surface area contributed by atoms with Crippen LogP contribution in [0.4, 0.5) is 14.9 Å². The number of hydrogen-bond acceptors (Lipinski definition) is 4. The molecule has 0 atom stereocenters. The Morgan fingerprint density at radius 3 is 2.17 bits per heavy atom. The molecular formula is C27H23FN2O5. The minimum Gasteiger partial charge on any atom is -0.478 e. The van der Waals surface area contributed by atoms with Gasteiger partial charge < -0.3 is 20.5 Å². The first-order chi connectivity index (χ1) is 16.9. The van der Waals surface area contributed by atoms with Crippen LogP contribution < -0.4 is 10.6 Å². The van der Waals surface area contributed by atoms with Crippen LogP contribution in [-0.4, -0.2) is 36.2 Å². The summed E-state index contributed by atoms with van der Waals surface area (Å²) in [6.45, 7) is 0.192. The first-order valence-corrected chi connectivity index (χ1v) is 11.3. The van der Waals surface area contributed by atoms with Gasteiger partial charge in [0, 0.05) is 12.5 Å². The van der Waals surface area contributed by atoms with E-state index in [4.69, 9.17) is 4.74 Å². The molecule has 0 radical (unpaired) electrons. The summed E-state index contributed by atoms with van der Waals surface area (Å²) in [6.07, 6.45) is 0.392. The van der Waals surface area contributed by atoms with Crippen molar-refractivity contribution in [1.82, 2.24) is 5.32 Å². The highest BCUT2D eigenvalue weighted by Crippen LogP contribution is 2.46. The normalized spacial score (nSPS) is 15.0. The number of amides is 2. The van der Waals surface area contributed by atoms with Gasteiger partial charge in [-0.2, -0.15) is 0 Å². The highest BCUT2D eigenvalue weighted by atomic mass is 19.1. The van der Waals surface area contributed by atoms with Crippen molar-refractivity contribution in [3.63, 3.8) is 0 Å². The molecule has 0 heterocycles. The molecule has 0 spiro atoms. The highest BCUT2D eigenvalue weighted by Gasteiger charge is 2.50. The molecular weight excluding hydrogens is 451 g/mol. The van der Waals surface area contributed by atoms with E-state index in [1.54, 1.807) is 0 Å². The Morgan fingerprint density at radius 2 is 1.57 bits per heavy atom. The maximum Gasteiger partial charge on any atom is 0.407 e. The number of fused-ring (bicyclic) bond motifs is 3. The number of anilines is 1. The van der Waals surface area contributed by atoms with Crippen LogP contribution in [0.15, 0.2) is 66.7 Å². The van der Waals surface area contributed by atoms with E-state index >= 15 is 0 Å². The number of carboxylic acids is 1. The number of aromatic carboxylic acids is 1.